The summed E-state index contributed by atoms with van der Waals surface area (Å²) in [5.41, 5.74) is 0.953. The van der Waals surface area contributed by atoms with Crippen LogP contribution in [-0.4, -0.2) is 86.5 Å². The van der Waals surface area contributed by atoms with Gasteiger partial charge < -0.3 is 10.2 Å². The summed E-state index contributed by atoms with van der Waals surface area (Å²) in [7, 11) is -4.54. The average Bonchev–Trinajstić information content (AvgIpc) is 3.53. The quantitative estimate of drug-likeness (QED) is 0.452. The second-order valence-corrected chi connectivity index (χ2v) is 11.2. The molecule has 3 unspecified atom stereocenters. The van der Waals surface area contributed by atoms with Crippen LogP contribution in [0, 0.1) is 0 Å². The number of ketones is 1. The van der Waals surface area contributed by atoms with Crippen molar-refractivity contribution in [2.24, 2.45) is 0 Å². The lowest BCUT2D eigenvalue weighted by molar-refractivity contribution is -0.138. The number of pyridine rings is 1. The minimum Gasteiger partial charge on any atom is -0.339 e. The van der Waals surface area contributed by atoms with E-state index in [4.69, 9.17) is 0 Å². The molecule has 2 aromatic heterocycles. The Morgan fingerprint density at radius 3 is 2.51 bits per heavy atom. The third-order valence-electron chi connectivity index (χ3n) is 6.94. The fourth-order valence-electron chi connectivity index (χ4n) is 5.11. The van der Waals surface area contributed by atoms with Gasteiger partial charge >= 0.3 is 5.12 Å². The number of fused-ring (bicyclic) bond motifs is 2. The third kappa shape index (κ3) is 4.90. The smallest absolute Gasteiger partial charge is 0.310 e. The van der Waals surface area contributed by atoms with Crippen molar-refractivity contribution in [1.29, 1.82) is 0 Å². The highest BCUT2D eigenvalue weighted by molar-refractivity contribution is 8.04. The fraction of sp³-hybridized carbons (Fsp3) is 0.346. The topological polar surface area (TPSA) is 160 Å². The first-order valence-corrected chi connectivity index (χ1v) is 14.0. The predicted octanol–water partition coefficient (Wildman–Crippen LogP) is 0.948. The molecule has 0 bridgehead atoms. The van der Waals surface area contributed by atoms with Gasteiger partial charge in [0.15, 0.2) is 5.78 Å². The number of hydrogen-bond acceptors (Lipinski definition) is 9. The van der Waals surface area contributed by atoms with E-state index in [0.717, 1.165) is 4.31 Å². The van der Waals surface area contributed by atoms with Gasteiger partial charge in [0.1, 0.15) is 23.5 Å². The van der Waals surface area contributed by atoms with Crippen molar-refractivity contribution in [3.05, 3.63) is 66.2 Å². The number of sulfonamides is 1. The molecule has 3 aromatic rings. The summed E-state index contributed by atoms with van der Waals surface area (Å²) < 4.78 is 27.2. The van der Waals surface area contributed by atoms with Gasteiger partial charge in [0.25, 0.3) is 15.9 Å². The van der Waals surface area contributed by atoms with E-state index in [-0.39, 0.29) is 24.4 Å². The second kappa shape index (κ2) is 10.6. The molecule has 2 saturated heterocycles. The van der Waals surface area contributed by atoms with Crippen LogP contribution in [0.5, 0.6) is 0 Å². The number of benzene rings is 1. The molecule has 12 nitrogen and oxygen atoms in total. The minimum absolute atomic E-state index is 0.0455. The Labute approximate surface area is 224 Å². The summed E-state index contributed by atoms with van der Waals surface area (Å²) in [6.45, 7) is 1.44. The Bertz CT molecular complexity index is 1560. The van der Waals surface area contributed by atoms with Crippen LogP contribution in [0.4, 0.5) is 0 Å². The maximum Gasteiger partial charge on any atom is 0.310 e. The van der Waals surface area contributed by atoms with Gasteiger partial charge in [-0.1, -0.05) is 31.5 Å². The molecule has 2 fully saturated rings. The molecule has 39 heavy (non-hydrogen) atoms. The number of hydrogen-bond donors (Lipinski definition) is 1. The van der Waals surface area contributed by atoms with Gasteiger partial charge in [-0.2, -0.15) is 4.31 Å². The van der Waals surface area contributed by atoms with E-state index >= 15 is 0 Å². The maximum atomic E-state index is 13.6. The lowest BCUT2D eigenvalue weighted by Crippen LogP contribution is -2.52. The Balaban J connectivity index is 1.34. The highest BCUT2D eigenvalue weighted by Gasteiger charge is 2.55. The molecule has 0 spiro atoms. The van der Waals surface area contributed by atoms with Gasteiger partial charge in [-0.15, -0.1) is 0 Å². The molecular weight excluding hydrogens is 524 g/mol. The second-order valence-electron chi connectivity index (χ2n) is 9.41. The Morgan fingerprint density at radius 2 is 1.79 bits per heavy atom. The van der Waals surface area contributed by atoms with Crippen LogP contribution < -0.4 is 5.32 Å². The summed E-state index contributed by atoms with van der Waals surface area (Å²) in [5.74, 6) is -1.56. The number of amides is 2. The normalized spacial score (nSPS) is 20.1. The van der Waals surface area contributed by atoms with Crippen LogP contribution in [0.1, 0.15) is 47.2 Å². The predicted molar refractivity (Wildman–Crippen MR) is 139 cm³/mol. The zero-order valence-electron chi connectivity index (χ0n) is 21.1. The third-order valence-corrected chi connectivity index (χ3v) is 8.63. The van der Waals surface area contributed by atoms with Crippen LogP contribution in [0.3, 0.4) is 0 Å². The van der Waals surface area contributed by atoms with Gasteiger partial charge in [0.05, 0.1) is 29.8 Å². The molecule has 0 aliphatic carbocycles. The molecule has 3 atom stereocenters. The highest BCUT2D eigenvalue weighted by Crippen LogP contribution is 2.33. The number of rotatable bonds is 7. The Hall–Kier alpha value is -4.10. The zero-order valence-corrected chi connectivity index (χ0v) is 21.9. The maximum absolute atomic E-state index is 13.6. The molecule has 13 heteroatoms. The van der Waals surface area contributed by atoms with E-state index in [9.17, 15) is 27.6 Å². The summed E-state index contributed by atoms with van der Waals surface area (Å²) in [4.78, 5) is 66.1. The molecule has 1 N–H and O–H groups in total. The van der Waals surface area contributed by atoms with Crippen LogP contribution in [0.25, 0.3) is 11.0 Å². The van der Waals surface area contributed by atoms with E-state index in [2.05, 4.69) is 20.3 Å². The molecule has 0 radical (unpaired) electrons. The number of likely N-dealkylation sites (tertiary alicyclic amines) is 1. The van der Waals surface area contributed by atoms with Gasteiger partial charge in [-0.05, 0) is 37.1 Å². The van der Waals surface area contributed by atoms with Crippen LogP contribution >= 0.6 is 0 Å². The molecule has 1 aromatic carbocycles. The van der Waals surface area contributed by atoms with Crippen molar-refractivity contribution in [1.82, 2.24) is 29.5 Å². The molecule has 2 aliphatic heterocycles. The van der Waals surface area contributed by atoms with Crippen molar-refractivity contribution in [2.45, 2.75) is 44.3 Å². The number of para-hydroxylation sites is 2. The van der Waals surface area contributed by atoms with Gasteiger partial charge in [-0.25, -0.2) is 13.4 Å². The standard InChI is InChI=1S/C26H26N6O6S/c1-2-7-18(30-24(34)20-14-28-16-8-3-4-9-17(16)29-20)25(35)31-13-11-21-23(31)22(33)15-32(21)39(37,38)26(36)19-10-5-6-12-27-19/h3-6,8-10,12,14,18,21,23H,2,7,11,13,15H2,1H3,(H,30,34). The van der Waals surface area contributed by atoms with Gasteiger partial charge in [-0.3, -0.25) is 29.1 Å². The molecule has 5 rings (SSSR count). The Kier molecular flexibility index (Phi) is 7.19. The van der Waals surface area contributed by atoms with Crippen molar-refractivity contribution in [3.8, 4) is 0 Å². The number of aromatic nitrogens is 3. The first kappa shape index (κ1) is 26.5. The number of Topliss-reactive ketones (excluding diaryl/α,β-unsaturated/α-hetero) is 1. The summed E-state index contributed by atoms with van der Waals surface area (Å²) in [6.07, 6.45) is 3.68. The summed E-state index contributed by atoms with van der Waals surface area (Å²) in [6, 6.07) is 8.54. The fourth-order valence-corrected chi connectivity index (χ4v) is 6.58. The van der Waals surface area contributed by atoms with Crippen LogP contribution in [-0.2, 0) is 19.6 Å². The monoisotopic (exact) mass is 550 g/mol. The van der Waals surface area contributed by atoms with E-state index in [0.29, 0.717) is 23.9 Å². The first-order valence-electron chi connectivity index (χ1n) is 12.6. The van der Waals surface area contributed by atoms with E-state index in [1.165, 1.54) is 29.4 Å². The van der Waals surface area contributed by atoms with Crippen LogP contribution in [0.15, 0.2) is 54.9 Å². The largest absolute Gasteiger partial charge is 0.339 e. The average molecular weight is 551 g/mol. The van der Waals surface area contributed by atoms with Crippen molar-refractivity contribution >= 4 is 43.8 Å². The van der Waals surface area contributed by atoms with Crippen molar-refractivity contribution in [2.75, 3.05) is 13.1 Å². The number of nitrogens with zero attached hydrogens (tertiary/aromatic N) is 5. The van der Waals surface area contributed by atoms with Gasteiger partial charge in [0.2, 0.25) is 5.91 Å². The van der Waals surface area contributed by atoms with E-state index in [1.54, 1.807) is 30.3 Å². The first-order chi connectivity index (χ1) is 18.7. The van der Waals surface area contributed by atoms with Crippen molar-refractivity contribution < 1.29 is 27.6 Å². The van der Waals surface area contributed by atoms with E-state index in [1.807, 2.05) is 6.92 Å². The number of carbonyl (C=O) groups is 4. The highest BCUT2D eigenvalue weighted by atomic mass is 32.2. The van der Waals surface area contributed by atoms with Gasteiger partial charge in [0, 0.05) is 12.7 Å². The summed E-state index contributed by atoms with van der Waals surface area (Å²) in [5, 5.41) is 1.51. The number of nitrogens with one attached hydrogen (secondary N) is 1. The molecule has 202 valence electrons. The molecule has 4 heterocycles. The molecule has 2 aliphatic rings. The number of carbonyl (C=O) groups excluding carboxylic acids is 4. The molecular formula is C26H26N6O6S. The zero-order chi connectivity index (χ0) is 27.7. The van der Waals surface area contributed by atoms with Crippen molar-refractivity contribution in [3.63, 3.8) is 0 Å². The SMILES string of the molecule is CCCC(NC(=O)c1cnc2ccccc2n1)C(=O)N1CCC2C1C(=O)CN2S(=O)(=O)C(=O)c1ccccn1. The Morgan fingerprint density at radius 1 is 1.05 bits per heavy atom. The minimum atomic E-state index is -4.54. The summed E-state index contributed by atoms with van der Waals surface area (Å²) >= 11 is 0. The molecule has 2 amide bonds. The lowest BCUT2D eigenvalue weighted by atomic mass is 10.1. The van der Waals surface area contributed by atoms with Crippen LogP contribution in [0.2, 0.25) is 0 Å². The van der Waals surface area contributed by atoms with E-state index < -0.39 is 57.4 Å². The molecule has 0 saturated carbocycles. The lowest BCUT2D eigenvalue weighted by Gasteiger charge is -2.28.